The molecule has 0 fully saturated rings. The zero-order chi connectivity index (χ0) is 15.4. The molecule has 0 heterocycles. The molecule has 0 spiro atoms. The van der Waals surface area contributed by atoms with Crippen LogP contribution in [0, 0.1) is 5.82 Å². The molecular weight excluding hydrogens is 380 g/mol. The number of nitrogens with one attached hydrogen (secondary N) is 1. The molecule has 0 saturated carbocycles. The predicted molar refractivity (Wildman–Crippen MR) is 87.7 cm³/mol. The fourth-order valence-corrected chi connectivity index (χ4v) is 2.81. The lowest BCUT2D eigenvalue weighted by atomic mass is 10.2. The van der Waals surface area contributed by atoms with Crippen LogP contribution in [-0.4, -0.2) is 7.05 Å². The Morgan fingerprint density at radius 3 is 2.62 bits per heavy atom. The van der Waals surface area contributed by atoms with E-state index in [-0.39, 0.29) is 12.4 Å². The number of ether oxygens (including phenoxy) is 1. The van der Waals surface area contributed by atoms with Crippen LogP contribution < -0.4 is 10.1 Å². The van der Waals surface area contributed by atoms with Gasteiger partial charge in [-0.3, -0.25) is 0 Å². The van der Waals surface area contributed by atoms with Crippen molar-refractivity contribution in [3.8, 4) is 5.75 Å². The molecule has 1 N–H and O–H groups in total. The molecular formula is C15H13BrCl2FNO. The number of halogens is 4. The maximum Gasteiger partial charge on any atom is 0.142 e. The van der Waals surface area contributed by atoms with E-state index < -0.39 is 0 Å². The lowest BCUT2D eigenvalue weighted by molar-refractivity contribution is 0.296. The highest BCUT2D eigenvalue weighted by Crippen LogP contribution is 2.33. The van der Waals surface area contributed by atoms with Crippen LogP contribution in [0.25, 0.3) is 0 Å². The second kappa shape index (κ2) is 7.45. The molecule has 2 aromatic carbocycles. The van der Waals surface area contributed by atoms with Gasteiger partial charge in [0.25, 0.3) is 0 Å². The topological polar surface area (TPSA) is 21.3 Å². The van der Waals surface area contributed by atoms with E-state index >= 15 is 0 Å². The van der Waals surface area contributed by atoms with E-state index in [9.17, 15) is 4.39 Å². The van der Waals surface area contributed by atoms with E-state index in [1.54, 1.807) is 24.3 Å². The molecule has 0 radical (unpaired) electrons. The Bertz CT molecular complexity index is 652. The molecule has 0 aliphatic rings. The van der Waals surface area contributed by atoms with E-state index in [4.69, 9.17) is 27.9 Å². The van der Waals surface area contributed by atoms with Crippen LogP contribution in [0.2, 0.25) is 10.0 Å². The number of benzene rings is 2. The van der Waals surface area contributed by atoms with Gasteiger partial charge in [0, 0.05) is 27.2 Å². The predicted octanol–water partition coefficient (Wildman–Crippen LogP) is 5.19. The molecule has 0 amide bonds. The minimum Gasteiger partial charge on any atom is -0.487 e. The Kier molecular flexibility index (Phi) is 5.88. The van der Waals surface area contributed by atoms with Crippen molar-refractivity contribution in [1.82, 2.24) is 5.32 Å². The van der Waals surface area contributed by atoms with Gasteiger partial charge in [-0.2, -0.15) is 0 Å². The summed E-state index contributed by atoms with van der Waals surface area (Å²) in [5.41, 5.74) is 1.28. The van der Waals surface area contributed by atoms with Crippen LogP contribution in [0.15, 0.2) is 34.8 Å². The fraction of sp³-hybridized carbons (Fsp3) is 0.200. The second-order valence-corrected chi connectivity index (χ2v) is 6.19. The van der Waals surface area contributed by atoms with Crippen molar-refractivity contribution in [3.63, 3.8) is 0 Å². The second-order valence-electron chi connectivity index (χ2n) is 4.43. The number of rotatable bonds is 5. The highest BCUT2D eigenvalue weighted by atomic mass is 79.9. The third kappa shape index (κ3) is 4.33. The maximum absolute atomic E-state index is 13.8. The Morgan fingerprint density at radius 2 is 1.95 bits per heavy atom. The first-order valence-corrected chi connectivity index (χ1v) is 7.75. The summed E-state index contributed by atoms with van der Waals surface area (Å²) in [5, 5.41) is 3.96. The van der Waals surface area contributed by atoms with E-state index in [2.05, 4.69) is 21.2 Å². The van der Waals surface area contributed by atoms with Crippen LogP contribution in [0.4, 0.5) is 4.39 Å². The monoisotopic (exact) mass is 391 g/mol. The summed E-state index contributed by atoms with van der Waals surface area (Å²) in [6, 6.07) is 8.21. The summed E-state index contributed by atoms with van der Waals surface area (Å²) in [5.74, 6) is 0.183. The van der Waals surface area contributed by atoms with Crippen molar-refractivity contribution in [2.45, 2.75) is 13.2 Å². The summed E-state index contributed by atoms with van der Waals surface area (Å²) in [6.07, 6.45) is 0. The number of hydrogen-bond donors (Lipinski definition) is 1. The fourth-order valence-electron chi connectivity index (χ4n) is 1.89. The van der Waals surface area contributed by atoms with Gasteiger partial charge >= 0.3 is 0 Å². The highest BCUT2D eigenvalue weighted by molar-refractivity contribution is 9.10. The van der Waals surface area contributed by atoms with Gasteiger partial charge in [0.15, 0.2) is 0 Å². The summed E-state index contributed by atoms with van der Waals surface area (Å²) in [4.78, 5) is 0. The van der Waals surface area contributed by atoms with E-state index in [1.807, 2.05) is 7.05 Å². The first kappa shape index (κ1) is 16.6. The van der Waals surface area contributed by atoms with Crippen LogP contribution in [0.3, 0.4) is 0 Å². The minimum atomic E-state index is -0.329. The summed E-state index contributed by atoms with van der Waals surface area (Å²) in [6.45, 7) is 0.648. The highest BCUT2D eigenvalue weighted by Gasteiger charge is 2.12. The quantitative estimate of drug-likeness (QED) is 0.755. The lowest BCUT2D eigenvalue weighted by Gasteiger charge is -2.14. The van der Waals surface area contributed by atoms with Gasteiger partial charge in [0.05, 0.1) is 5.02 Å². The SMILES string of the molecule is CNCc1cc(Cl)cc(Cl)c1OCc1ccc(Br)cc1F. The smallest absolute Gasteiger partial charge is 0.142 e. The number of hydrogen-bond acceptors (Lipinski definition) is 2. The van der Waals surface area contributed by atoms with Crippen LogP contribution in [0.5, 0.6) is 5.75 Å². The zero-order valence-corrected chi connectivity index (χ0v) is 14.3. The van der Waals surface area contributed by atoms with Gasteiger partial charge in [-0.05, 0) is 31.3 Å². The average Bonchev–Trinajstić information content (AvgIpc) is 2.40. The Hall–Kier alpha value is -0.810. The van der Waals surface area contributed by atoms with Crippen molar-refractivity contribution >= 4 is 39.1 Å². The Balaban J connectivity index is 2.23. The summed E-state index contributed by atoms with van der Waals surface area (Å²) < 4.78 is 20.2. The normalized spacial score (nSPS) is 10.7. The average molecular weight is 393 g/mol. The molecule has 112 valence electrons. The summed E-state index contributed by atoms with van der Waals surface area (Å²) in [7, 11) is 1.81. The standard InChI is InChI=1S/C15H13BrCl2FNO/c1-20-7-10-4-12(17)6-13(18)15(10)21-8-9-2-3-11(16)5-14(9)19/h2-6,20H,7-8H2,1H3. The van der Waals surface area contributed by atoms with Gasteiger partial charge in [-0.25, -0.2) is 4.39 Å². The molecule has 2 nitrogen and oxygen atoms in total. The molecule has 0 unspecified atom stereocenters. The van der Waals surface area contributed by atoms with Crippen LogP contribution >= 0.6 is 39.1 Å². The van der Waals surface area contributed by atoms with E-state index in [0.29, 0.717) is 32.4 Å². The molecule has 2 rings (SSSR count). The van der Waals surface area contributed by atoms with Gasteiger partial charge in [-0.1, -0.05) is 45.2 Å². The van der Waals surface area contributed by atoms with Crippen molar-refractivity contribution in [3.05, 3.63) is 61.8 Å². The Labute approximate surface area is 141 Å². The lowest BCUT2D eigenvalue weighted by Crippen LogP contribution is -2.08. The third-order valence-electron chi connectivity index (χ3n) is 2.84. The molecule has 0 aliphatic carbocycles. The van der Waals surface area contributed by atoms with Crippen LogP contribution in [-0.2, 0) is 13.2 Å². The maximum atomic E-state index is 13.8. The largest absolute Gasteiger partial charge is 0.487 e. The van der Waals surface area contributed by atoms with Crippen molar-refractivity contribution in [2.75, 3.05) is 7.05 Å². The first-order chi connectivity index (χ1) is 10.0. The molecule has 21 heavy (non-hydrogen) atoms. The molecule has 0 bridgehead atoms. The Morgan fingerprint density at radius 1 is 1.19 bits per heavy atom. The molecule has 0 saturated heterocycles. The van der Waals surface area contributed by atoms with E-state index in [1.165, 1.54) is 6.07 Å². The van der Waals surface area contributed by atoms with Crippen molar-refractivity contribution < 1.29 is 9.13 Å². The minimum absolute atomic E-state index is 0.0944. The zero-order valence-electron chi connectivity index (χ0n) is 11.2. The molecule has 0 aromatic heterocycles. The van der Waals surface area contributed by atoms with Gasteiger partial charge in [0.1, 0.15) is 18.2 Å². The molecule has 0 atom stereocenters. The van der Waals surface area contributed by atoms with Gasteiger partial charge in [0.2, 0.25) is 0 Å². The molecule has 0 aliphatic heterocycles. The molecule has 2 aromatic rings. The molecule has 6 heteroatoms. The van der Waals surface area contributed by atoms with Crippen molar-refractivity contribution in [2.24, 2.45) is 0 Å². The summed E-state index contributed by atoms with van der Waals surface area (Å²) >= 11 is 15.4. The van der Waals surface area contributed by atoms with Crippen molar-refractivity contribution in [1.29, 1.82) is 0 Å². The van der Waals surface area contributed by atoms with E-state index in [0.717, 1.165) is 5.56 Å². The third-order valence-corrected chi connectivity index (χ3v) is 3.83. The van der Waals surface area contributed by atoms with Gasteiger partial charge in [-0.15, -0.1) is 0 Å². The van der Waals surface area contributed by atoms with Gasteiger partial charge < -0.3 is 10.1 Å². The first-order valence-electron chi connectivity index (χ1n) is 6.20. The van der Waals surface area contributed by atoms with Crippen LogP contribution in [0.1, 0.15) is 11.1 Å².